The van der Waals surface area contributed by atoms with Crippen molar-refractivity contribution in [3.8, 4) is 11.5 Å². The van der Waals surface area contributed by atoms with E-state index in [0.29, 0.717) is 44.1 Å². The zero-order valence-corrected chi connectivity index (χ0v) is 27.1. The lowest BCUT2D eigenvalue weighted by molar-refractivity contribution is -0.116. The molecule has 1 unspecified atom stereocenters. The van der Waals surface area contributed by atoms with E-state index < -0.39 is 22.9 Å². The highest BCUT2D eigenvalue weighted by atomic mass is 79.9. The monoisotopic (exact) mass is 691 g/mol. The first kappa shape index (κ1) is 33.3. The zero-order chi connectivity index (χ0) is 32.3. The minimum atomic E-state index is -0.574. The van der Waals surface area contributed by atoms with Crippen molar-refractivity contribution in [3.63, 3.8) is 0 Å². The van der Waals surface area contributed by atoms with Gasteiger partial charge in [-0.15, -0.1) is 11.8 Å². The van der Waals surface area contributed by atoms with Crippen LogP contribution in [-0.4, -0.2) is 37.2 Å². The average Bonchev–Trinajstić information content (AvgIpc) is 3.05. The Kier molecular flexibility index (Phi) is 11.8. The largest absolute Gasteiger partial charge is 0.497 e. The van der Waals surface area contributed by atoms with Crippen molar-refractivity contribution in [1.82, 2.24) is 5.32 Å². The van der Waals surface area contributed by atoms with Crippen molar-refractivity contribution in [2.45, 2.75) is 23.5 Å². The molecular formula is C34H31BrFN3O5S. The second-order valence-corrected chi connectivity index (χ2v) is 11.8. The molecule has 0 saturated heterocycles. The summed E-state index contributed by atoms with van der Waals surface area (Å²) in [5.74, 6) is -0.918. The number of carbonyl (C=O) groups excluding carboxylic acids is 3. The Hall–Kier alpha value is -4.61. The van der Waals surface area contributed by atoms with Gasteiger partial charge in [0.25, 0.3) is 11.8 Å². The molecule has 0 spiro atoms. The summed E-state index contributed by atoms with van der Waals surface area (Å²) in [6, 6.07) is 25.1. The highest BCUT2D eigenvalue weighted by Crippen LogP contribution is 2.30. The minimum Gasteiger partial charge on any atom is -0.497 e. The molecular weight excluding hydrogens is 661 g/mol. The molecule has 4 aromatic rings. The molecule has 1 atom stereocenters. The van der Waals surface area contributed by atoms with Gasteiger partial charge in [0.2, 0.25) is 5.91 Å². The summed E-state index contributed by atoms with van der Waals surface area (Å²) in [5.41, 5.74) is 1.44. The maximum Gasteiger partial charge on any atom is 0.272 e. The van der Waals surface area contributed by atoms with Gasteiger partial charge >= 0.3 is 0 Å². The van der Waals surface area contributed by atoms with Crippen LogP contribution in [0.2, 0.25) is 0 Å². The number of halogens is 2. The van der Waals surface area contributed by atoms with Crippen LogP contribution in [0.25, 0.3) is 6.08 Å². The summed E-state index contributed by atoms with van der Waals surface area (Å²) in [6.07, 6.45) is 2.00. The summed E-state index contributed by atoms with van der Waals surface area (Å²) in [7, 11) is 3.03. The van der Waals surface area contributed by atoms with Crippen LogP contribution in [0.5, 0.6) is 11.5 Å². The predicted octanol–water partition coefficient (Wildman–Crippen LogP) is 7.52. The maximum atomic E-state index is 14.3. The lowest BCUT2D eigenvalue weighted by atomic mass is 10.1. The van der Waals surface area contributed by atoms with E-state index in [0.717, 1.165) is 0 Å². The number of anilines is 2. The van der Waals surface area contributed by atoms with Crippen molar-refractivity contribution in [3.05, 3.63) is 118 Å². The standard InChI is InChI=1S/C34H31BrFN3O5S/c1-4-31(34(42)38-28-16-14-23(35)18-27(28)36)45-26-12-8-11-24(19-26)37-33(41)29(39-32(40)21-9-6-5-7-10-21)17-22-13-15-25(43-2)20-30(22)44-3/h5-20,31H,4H2,1-3H3,(H,37,41)(H,38,42)(H,39,40)/b29-17+. The van der Waals surface area contributed by atoms with E-state index in [4.69, 9.17) is 9.47 Å². The van der Waals surface area contributed by atoms with Crippen molar-refractivity contribution >= 4 is 62.9 Å². The average molecular weight is 693 g/mol. The molecule has 0 fully saturated rings. The van der Waals surface area contributed by atoms with Gasteiger partial charge in [0.05, 0.1) is 25.2 Å². The normalized spacial score (nSPS) is 11.7. The second kappa shape index (κ2) is 15.9. The van der Waals surface area contributed by atoms with Gasteiger partial charge in [-0.25, -0.2) is 4.39 Å². The van der Waals surface area contributed by atoms with Crippen molar-refractivity contribution in [2.24, 2.45) is 0 Å². The van der Waals surface area contributed by atoms with E-state index in [1.165, 1.54) is 44.2 Å². The molecule has 3 N–H and O–H groups in total. The molecule has 0 aliphatic carbocycles. The quantitative estimate of drug-likeness (QED) is 0.105. The molecule has 4 aromatic carbocycles. The van der Waals surface area contributed by atoms with Gasteiger partial charge in [0.1, 0.15) is 23.0 Å². The summed E-state index contributed by atoms with van der Waals surface area (Å²) in [6.45, 7) is 1.86. The van der Waals surface area contributed by atoms with Crippen molar-refractivity contribution < 1.29 is 28.2 Å². The van der Waals surface area contributed by atoms with Crippen molar-refractivity contribution in [2.75, 3.05) is 24.9 Å². The van der Waals surface area contributed by atoms with Crippen LogP contribution in [0.15, 0.2) is 106 Å². The molecule has 4 rings (SSSR count). The molecule has 0 aliphatic heterocycles. The minimum absolute atomic E-state index is 0.0206. The smallest absolute Gasteiger partial charge is 0.272 e. The van der Waals surface area contributed by atoms with Gasteiger partial charge in [-0.3, -0.25) is 14.4 Å². The highest BCUT2D eigenvalue weighted by Gasteiger charge is 2.21. The first-order valence-corrected chi connectivity index (χ1v) is 15.5. The predicted molar refractivity (Wildman–Crippen MR) is 179 cm³/mol. The SMILES string of the molecule is CCC(Sc1cccc(NC(=O)/C(=C\c2ccc(OC)cc2OC)NC(=O)c2ccccc2)c1)C(=O)Nc1ccc(Br)cc1F. The molecule has 11 heteroatoms. The molecule has 232 valence electrons. The van der Waals surface area contributed by atoms with E-state index in [1.54, 1.807) is 72.8 Å². The lowest BCUT2D eigenvalue weighted by Gasteiger charge is -2.16. The summed E-state index contributed by atoms with van der Waals surface area (Å²) < 4.78 is 25.6. The summed E-state index contributed by atoms with van der Waals surface area (Å²) in [5, 5.41) is 7.68. The number of thioether (sulfide) groups is 1. The lowest BCUT2D eigenvalue weighted by Crippen LogP contribution is -2.30. The molecule has 0 heterocycles. The van der Waals surface area contributed by atoms with Crippen LogP contribution in [0.3, 0.4) is 0 Å². The first-order chi connectivity index (χ1) is 21.7. The second-order valence-electron chi connectivity index (χ2n) is 9.60. The number of methoxy groups -OCH3 is 2. The highest BCUT2D eigenvalue weighted by molar-refractivity contribution is 9.10. The summed E-state index contributed by atoms with van der Waals surface area (Å²) >= 11 is 4.50. The van der Waals surface area contributed by atoms with Crippen LogP contribution in [0.4, 0.5) is 15.8 Å². The van der Waals surface area contributed by atoms with Crippen LogP contribution < -0.4 is 25.4 Å². The van der Waals surface area contributed by atoms with Gasteiger partial charge in [-0.2, -0.15) is 0 Å². The Balaban J connectivity index is 1.55. The van der Waals surface area contributed by atoms with E-state index in [-0.39, 0.29) is 17.3 Å². The Bertz CT molecular complexity index is 1720. The van der Waals surface area contributed by atoms with Crippen molar-refractivity contribution in [1.29, 1.82) is 0 Å². The Morgan fingerprint density at radius 3 is 2.38 bits per heavy atom. The number of ether oxygens (including phenoxy) is 2. The molecule has 45 heavy (non-hydrogen) atoms. The molecule has 0 aromatic heterocycles. The Morgan fingerprint density at radius 1 is 0.911 bits per heavy atom. The number of amides is 3. The van der Waals surface area contributed by atoms with Crippen LogP contribution in [-0.2, 0) is 9.59 Å². The number of carbonyl (C=O) groups is 3. The molecule has 0 radical (unpaired) electrons. The van der Waals surface area contributed by atoms with E-state index >= 15 is 0 Å². The molecule has 8 nitrogen and oxygen atoms in total. The fourth-order valence-electron chi connectivity index (χ4n) is 4.17. The summed E-state index contributed by atoms with van der Waals surface area (Å²) in [4.78, 5) is 40.3. The van der Waals surface area contributed by atoms with E-state index in [9.17, 15) is 18.8 Å². The molecule has 0 bridgehead atoms. The topological polar surface area (TPSA) is 106 Å². The van der Waals surface area contributed by atoms with E-state index in [1.807, 2.05) is 13.0 Å². The van der Waals surface area contributed by atoms with Gasteiger partial charge in [-0.05, 0) is 73.2 Å². The third-order valence-electron chi connectivity index (χ3n) is 6.49. The number of hydrogen-bond acceptors (Lipinski definition) is 6. The maximum absolute atomic E-state index is 14.3. The van der Waals surface area contributed by atoms with Crippen LogP contribution in [0.1, 0.15) is 29.3 Å². The number of benzene rings is 4. The number of hydrogen-bond donors (Lipinski definition) is 3. The molecule has 3 amide bonds. The Morgan fingerprint density at radius 2 is 1.69 bits per heavy atom. The molecule has 0 saturated carbocycles. The number of rotatable bonds is 12. The fraction of sp³-hybridized carbons (Fsp3) is 0.147. The molecule has 0 aliphatic rings. The Labute approximate surface area is 273 Å². The van der Waals surface area contributed by atoms with Gasteiger partial charge in [-0.1, -0.05) is 47.1 Å². The van der Waals surface area contributed by atoms with Gasteiger partial charge in [0, 0.05) is 32.2 Å². The first-order valence-electron chi connectivity index (χ1n) is 13.8. The number of nitrogens with one attached hydrogen (secondary N) is 3. The van der Waals surface area contributed by atoms with Crippen LogP contribution >= 0.6 is 27.7 Å². The third-order valence-corrected chi connectivity index (χ3v) is 8.34. The zero-order valence-electron chi connectivity index (χ0n) is 24.7. The van der Waals surface area contributed by atoms with Gasteiger partial charge < -0.3 is 25.4 Å². The van der Waals surface area contributed by atoms with Crippen LogP contribution in [0, 0.1) is 5.82 Å². The van der Waals surface area contributed by atoms with E-state index in [2.05, 4.69) is 31.9 Å². The third kappa shape index (κ3) is 9.19. The van der Waals surface area contributed by atoms with Gasteiger partial charge in [0.15, 0.2) is 0 Å². The fourth-order valence-corrected chi connectivity index (χ4v) is 5.52.